The molecule has 0 N–H and O–H groups in total. The van der Waals surface area contributed by atoms with Crippen molar-refractivity contribution in [2.24, 2.45) is 0 Å². The SMILES string of the molecule is CCC(N1CCOCC1)n1nnnc1S. The van der Waals surface area contributed by atoms with E-state index in [-0.39, 0.29) is 6.17 Å². The van der Waals surface area contributed by atoms with Gasteiger partial charge in [0.15, 0.2) is 0 Å². The van der Waals surface area contributed by atoms with E-state index >= 15 is 0 Å². The predicted octanol–water partition coefficient (Wildman–Crippen LogP) is 0.203. The van der Waals surface area contributed by atoms with Gasteiger partial charge in [0.2, 0.25) is 5.16 Å². The molecule has 7 heteroatoms. The van der Waals surface area contributed by atoms with Crippen molar-refractivity contribution < 1.29 is 4.74 Å². The summed E-state index contributed by atoms with van der Waals surface area (Å²) < 4.78 is 7.08. The highest BCUT2D eigenvalue weighted by Crippen LogP contribution is 2.19. The van der Waals surface area contributed by atoms with E-state index in [1.54, 1.807) is 4.68 Å². The third-order valence-electron chi connectivity index (χ3n) is 2.59. The summed E-state index contributed by atoms with van der Waals surface area (Å²) in [5.41, 5.74) is 0. The van der Waals surface area contributed by atoms with Crippen LogP contribution in [0.3, 0.4) is 0 Å². The Hall–Kier alpha value is -0.660. The number of rotatable bonds is 3. The summed E-state index contributed by atoms with van der Waals surface area (Å²) in [7, 11) is 0. The lowest BCUT2D eigenvalue weighted by Gasteiger charge is -2.33. The minimum absolute atomic E-state index is 0.191. The zero-order valence-corrected chi connectivity index (χ0v) is 9.60. The molecule has 0 amide bonds. The van der Waals surface area contributed by atoms with Crippen molar-refractivity contribution >= 4 is 12.6 Å². The maximum atomic E-state index is 5.32. The smallest absolute Gasteiger partial charge is 0.207 e. The van der Waals surface area contributed by atoms with Crippen LogP contribution in [0.4, 0.5) is 0 Å². The second-order valence-corrected chi connectivity index (χ2v) is 3.86. The van der Waals surface area contributed by atoms with Crippen LogP contribution in [0, 0.1) is 0 Å². The van der Waals surface area contributed by atoms with E-state index in [1.165, 1.54) is 0 Å². The van der Waals surface area contributed by atoms with Crippen LogP contribution >= 0.6 is 12.6 Å². The molecular formula is C8H15N5OS. The topological polar surface area (TPSA) is 56.1 Å². The normalized spacial score (nSPS) is 20.4. The van der Waals surface area contributed by atoms with Gasteiger partial charge in [-0.15, -0.1) is 17.7 Å². The Balaban J connectivity index is 2.12. The number of nitrogens with zero attached hydrogens (tertiary/aromatic N) is 5. The minimum Gasteiger partial charge on any atom is -0.379 e. The number of morpholine rings is 1. The summed E-state index contributed by atoms with van der Waals surface area (Å²) in [6.07, 6.45) is 1.15. The van der Waals surface area contributed by atoms with Crippen LogP contribution in [0.2, 0.25) is 0 Å². The first kappa shape index (κ1) is 10.8. The van der Waals surface area contributed by atoms with Gasteiger partial charge in [-0.1, -0.05) is 6.92 Å². The summed E-state index contributed by atoms with van der Waals surface area (Å²) in [5.74, 6) is 0. The molecule has 1 saturated heterocycles. The standard InChI is InChI=1S/C8H15N5OS/c1-2-7(12-3-5-14-6-4-12)13-8(15)9-10-11-13/h7H,2-6H2,1H3,(H,9,11,15). The summed E-state index contributed by atoms with van der Waals surface area (Å²) in [6.45, 7) is 5.52. The Morgan fingerprint density at radius 1 is 1.47 bits per heavy atom. The van der Waals surface area contributed by atoms with E-state index in [2.05, 4.69) is 40.0 Å². The molecule has 6 nitrogen and oxygen atoms in total. The molecule has 0 spiro atoms. The first-order chi connectivity index (χ1) is 7.33. The van der Waals surface area contributed by atoms with E-state index in [4.69, 9.17) is 4.74 Å². The molecule has 1 aliphatic rings. The molecule has 0 radical (unpaired) electrons. The van der Waals surface area contributed by atoms with Gasteiger partial charge in [-0.2, -0.15) is 0 Å². The second kappa shape index (κ2) is 4.91. The molecule has 15 heavy (non-hydrogen) atoms. The van der Waals surface area contributed by atoms with Crippen LogP contribution in [0.15, 0.2) is 5.16 Å². The van der Waals surface area contributed by atoms with Crippen molar-refractivity contribution in [2.75, 3.05) is 26.3 Å². The highest BCUT2D eigenvalue weighted by atomic mass is 32.1. The molecule has 2 heterocycles. The molecule has 0 aromatic carbocycles. The van der Waals surface area contributed by atoms with Gasteiger partial charge in [0.05, 0.1) is 13.2 Å². The van der Waals surface area contributed by atoms with E-state index in [9.17, 15) is 0 Å². The number of ether oxygens (including phenoxy) is 1. The molecule has 0 bridgehead atoms. The largest absolute Gasteiger partial charge is 0.379 e. The van der Waals surface area contributed by atoms with Crippen molar-refractivity contribution in [1.29, 1.82) is 0 Å². The van der Waals surface area contributed by atoms with Crippen molar-refractivity contribution in [3.63, 3.8) is 0 Å². The fourth-order valence-corrected chi connectivity index (χ4v) is 2.06. The lowest BCUT2D eigenvalue weighted by molar-refractivity contribution is -0.00929. The average Bonchev–Trinajstić information content (AvgIpc) is 2.68. The molecule has 1 aromatic heterocycles. The Labute approximate surface area is 94.0 Å². The summed E-state index contributed by atoms with van der Waals surface area (Å²) in [6, 6.07) is 0. The summed E-state index contributed by atoms with van der Waals surface area (Å²) in [5, 5.41) is 11.9. The van der Waals surface area contributed by atoms with E-state index in [0.29, 0.717) is 5.16 Å². The molecule has 1 atom stereocenters. The van der Waals surface area contributed by atoms with Gasteiger partial charge < -0.3 is 4.74 Å². The zero-order valence-electron chi connectivity index (χ0n) is 8.70. The van der Waals surface area contributed by atoms with Crippen LogP contribution in [-0.2, 0) is 4.74 Å². The van der Waals surface area contributed by atoms with Gasteiger partial charge in [0, 0.05) is 13.1 Å². The molecule has 0 aliphatic carbocycles. The molecule has 1 unspecified atom stereocenters. The molecule has 0 saturated carbocycles. The number of hydrogen-bond donors (Lipinski definition) is 1. The third-order valence-corrected chi connectivity index (χ3v) is 2.88. The Kier molecular flexibility index (Phi) is 3.55. The molecule has 2 rings (SSSR count). The monoisotopic (exact) mass is 229 g/mol. The van der Waals surface area contributed by atoms with E-state index in [1.807, 2.05) is 0 Å². The van der Waals surface area contributed by atoms with Gasteiger partial charge in [-0.05, 0) is 16.8 Å². The third kappa shape index (κ3) is 2.30. The Bertz CT molecular complexity index is 312. The fourth-order valence-electron chi connectivity index (χ4n) is 1.84. The molecular weight excluding hydrogens is 214 g/mol. The molecule has 1 fully saturated rings. The number of tetrazole rings is 1. The van der Waals surface area contributed by atoms with Crippen LogP contribution in [-0.4, -0.2) is 51.4 Å². The minimum atomic E-state index is 0.191. The number of thiol groups is 1. The first-order valence-electron chi connectivity index (χ1n) is 5.11. The average molecular weight is 229 g/mol. The summed E-state index contributed by atoms with van der Waals surface area (Å²) in [4.78, 5) is 2.32. The predicted molar refractivity (Wildman–Crippen MR) is 56.8 cm³/mol. The molecule has 1 aliphatic heterocycles. The molecule has 84 valence electrons. The van der Waals surface area contributed by atoms with Gasteiger partial charge in [-0.3, -0.25) is 4.90 Å². The van der Waals surface area contributed by atoms with Crippen molar-refractivity contribution in [1.82, 2.24) is 25.1 Å². The quantitative estimate of drug-likeness (QED) is 0.751. The van der Waals surface area contributed by atoms with Crippen LogP contribution < -0.4 is 0 Å². The van der Waals surface area contributed by atoms with Gasteiger partial charge in [0.1, 0.15) is 6.17 Å². The highest BCUT2D eigenvalue weighted by molar-refractivity contribution is 7.80. The van der Waals surface area contributed by atoms with E-state index in [0.717, 1.165) is 32.7 Å². The van der Waals surface area contributed by atoms with Crippen LogP contribution in [0.1, 0.15) is 19.5 Å². The van der Waals surface area contributed by atoms with Crippen molar-refractivity contribution in [2.45, 2.75) is 24.7 Å². The lowest BCUT2D eigenvalue weighted by Crippen LogP contribution is -2.41. The maximum Gasteiger partial charge on any atom is 0.207 e. The molecule has 1 aromatic rings. The fraction of sp³-hybridized carbons (Fsp3) is 0.875. The van der Waals surface area contributed by atoms with Crippen molar-refractivity contribution in [3.8, 4) is 0 Å². The van der Waals surface area contributed by atoms with Gasteiger partial charge in [0.25, 0.3) is 0 Å². The maximum absolute atomic E-state index is 5.32. The second-order valence-electron chi connectivity index (χ2n) is 3.46. The highest BCUT2D eigenvalue weighted by Gasteiger charge is 2.23. The van der Waals surface area contributed by atoms with Gasteiger partial charge in [-0.25, -0.2) is 4.68 Å². The summed E-state index contributed by atoms with van der Waals surface area (Å²) >= 11 is 4.23. The zero-order chi connectivity index (χ0) is 10.7. The van der Waals surface area contributed by atoms with Crippen LogP contribution in [0.25, 0.3) is 0 Å². The Morgan fingerprint density at radius 2 is 2.20 bits per heavy atom. The number of aromatic nitrogens is 4. The van der Waals surface area contributed by atoms with E-state index < -0.39 is 0 Å². The first-order valence-corrected chi connectivity index (χ1v) is 5.56. The Morgan fingerprint density at radius 3 is 2.73 bits per heavy atom. The van der Waals surface area contributed by atoms with Crippen LogP contribution in [0.5, 0.6) is 0 Å². The lowest BCUT2D eigenvalue weighted by atomic mass is 10.3. The van der Waals surface area contributed by atoms with Gasteiger partial charge >= 0.3 is 0 Å². The van der Waals surface area contributed by atoms with Crippen molar-refractivity contribution in [3.05, 3.63) is 0 Å². The number of hydrogen-bond acceptors (Lipinski definition) is 6.